The molecule has 0 bridgehead atoms. The molecule has 66 valence electrons. The van der Waals surface area contributed by atoms with Gasteiger partial charge in [-0.2, -0.15) is 0 Å². The highest BCUT2D eigenvalue weighted by Gasteiger charge is 1.88. The topological polar surface area (TPSA) is 15.6 Å². The van der Waals surface area contributed by atoms with Gasteiger partial charge in [-0.3, -0.25) is 4.99 Å². The van der Waals surface area contributed by atoms with Crippen LogP contribution in [0.3, 0.4) is 0 Å². The van der Waals surface area contributed by atoms with Crippen molar-refractivity contribution in [2.45, 2.75) is 0 Å². The number of hydrogen-bond acceptors (Lipinski definition) is 2. The van der Waals surface area contributed by atoms with Crippen molar-refractivity contribution >= 4 is 30.2 Å². The number of rotatable bonds is 3. The molecule has 0 spiro atoms. The average Bonchev–Trinajstić information content (AvgIpc) is 1.86. The van der Waals surface area contributed by atoms with Crippen LogP contribution in [-0.2, 0) is 0 Å². The van der Waals surface area contributed by atoms with E-state index in [0.29, 0.717) is 5.88 Å². The zero-order valence-electron chi connectivity index (χ0n) is 7.04. The van der Waals surface area contributed by atoms with Gasteiger partial charge < -0.3 is 4.90 Å². The molecule has 0 aliphatic rings. The lowest BCUT2D eigenvalue weighted by molar-refractivity contribution is 0.561. The number of aliphatic imine (C=N–C) groups is 1. The van der Waals surface area contributed by atoms with Gasteiger partial charge in [0.05, 0.1) is 5.88 Å². The lowest BCUT2D eigenvalue weighted by Crippen LogP contribution is -2.04. The summed E-state index contributed by atoms with van der Waals surface area (Å²) in [6.07, 6.45) is 3.70. The fourth-order valence-electron chi connectivity index (χ4n) is 0.600. The van der Waals surface area contributed by atoms with Crippen molar-refractivity contribution in [2.24, 2.45) is 4.99 Å². The predicted octanol–water partition coefficient (Wildman–Crippen LogP) is 1.79. The van der Waals surface area contributed by atoms with E-state index in [1.807, 2.05) is 25.2 Å². The Kier molecular flexibility index (Phi) is 9.60. The van der Waals surface area contributed by atoms with Crippen molar-refractivity contribution in [1.82, 2.24) is 4.90 Å². The maximum Gasteiger partial charge on any atom is 0.0503 e. The van der Waals surface area contributed by atoms with Crippen LogP contribution in [-0.4, -0.2) is 38.1 Å². The van der Waals surface area contributed by atoms with E-state index in [-0.39, 0.29) is 12.4 Å². The van der Waals surface area contributed by atoms with Gasteiger partial charge in [-0.1, -0.05) is 0 Å². The highest BCUT2D eigenvalue weighted by Crippen LogP contribution is 1.94. The number of alkyl halides is 1. The molecule has 2 nitrogen and oxygen atoms in total. The van der Waals surface area contributed by atoms with Crippen LogP contribution in [0, 0.1) is 0 Å². The molecule has 0 aromatic carbocycles. The van der Waals surface area contributed by atoms with E-state index >= 15 is 0 Å². The van der Waals surface area contributed by atoms with Gasteiger partial charge >= 0.3 is 0 Å². The molecular weight excluding hydrogens is 183 g/mol. The van der Waals surface area contributed by atoms with Gasteiger partial charge in [0, 0.05) is 39.1 Å². The Hall–Kier alpha value is -0.210. The van der Waals surface area contributed by atoms with Gasteiger partial charge in [0.1, 0.15) is 0 Å². The van der Waals surface area contributed by atoms with Crippen LogP contribution in [0.1, 0.15) is 0 Å². The summed E-state index contributed by atoms with van der Waals surface area (Å²) in [7, 11) is 5.64. The molecule has 0 amide bonds. The summed E-state index contributed by atoms with van der Waals surface area (Å²) >= 11 is 5.60. The summed E-state index contributed by atoms with van der Waals surface area (Å²) in [5, 5.41) is 0. The van der Waals surface area contributed by atoms with E-state index in [2.05, 4.69) is 4.99 Å². The van der Waals surface area contributed by atoms with Gasteiger partial charge in [0.2, 0.25) is 0 Å². The summed E-state index contributed by atoms with van der Waals surface area (Å²) < 4.78 is 0. The van der Waals surface area contributed by atoms with Crippen LogP contribution in [0.5, 0.6) is 0 Å². The summed E-state index contributed by atoms with van der Waals surface area (Å²) in [6, 6.07) is 0. The van der Waals surface area contributed by atoms with Crippen LogP contribution >= 0.6 is 24.0 Å². The normalized spacial score (nSPS) is 11.5. The maximum absolute atomic E-state index is 5.60. The third-order valence-corrected chi connectivity index (χ3v) is 1.18. The van der Waals surface area contributed by atoms with E-state index in [1.54, 1.807) is 13.3 Å². The standard InChI is InChI=1S/C7H13ClN2.ClH/c1-9-5-7(4-8)6-10(2)3;/h5-6H,4H2,1-3H3;1H. The largest absolute Gasteiger partial charge is 0.383 e. The highest BCUT2D eigenvalue weighted by atomic mass is 35.5. The van der Waals surface area contributed by atoms with Gasteiger partial charge in [-0.25, -0.2) is 0 Å². The number of halogens is 2. The fourth-order valence-corrected chi connectivity index (χ4v) is 0.738. The molecule has 0 aliphatic carbocycles. The molecule has 11 heavy (non-hydrogen) atoms. The third-order valence-electron chi connectivity index (χ3n) is 0.873. The smallest absolute Gasteiger partial charge is 0.0503 e. The second-order valence-corrected chi connectivity index (χ2v) is 2.46. The summed E-state index contributed by atoms with van der Waals surface area (Å²) in [6.45, 7) is 0. The summed E-state index contributed by atoms with van der Waals surface area (Å²) in [5.41, 5.74) is 1.02. The molecular formula is C7H14Cl2N2. The molecule has 0 fully saturated rings. The van der Waals surface area contributed by atoms with Crippen LogP contribution < -0.4 is 0 Å². The second kappa shape index (κ2) is 7.89. The monoisotopic (exact) mass is 196 g/mol. The van der Waals surface area contributed by atoms with Crippen molar-refractivity contribution in [2.75, 3.05) is 27.0 Å². The van der Waals surface area contributed by atoms with Gasteiger partial charge in [-0.05, 0) is 0 Å². The third kappa shape index (κ3) is 7.69. The highest BCUT2D eigenvalue weighted by molar-refractivity contribution is 6.21. The first-order chi connectivity index (χ1) is 4.70. The Morgan fingerprint density at radius 3 is 2.36 bits per heavy atom. The maximum atomic E-state index is 5.60. The first kappa shape index (κ1) is 13.4. The Morgan fingerprint density at radius 2 is 2.09 bits per heavy atom. The average molecular weight is 197 g/mol. The Labute approximate surface area is 79.4 Å². The van der Waals surface area contributed by atoms with Crippen LogP contribution in [0.2, 0.25) is 0 Å². The molecule has 0 aliphatic heterocycles. The molecule has 0 aromatic rings. The van der Waals surface area contributed by atoms with Gasteiger partial charge in [0.25, 0.3) is 0 Å². The molecule has 0 N–H and O–H groups in total. The quantitative estimate of drug-likeness (QED) is 0.497. The van der Waals surface area contributed by atoms with E-state index in [0.717, 1.165) is 5.57 Å². The Morgan fingerprint density at radius 1 is 1.55 bits per heavy atom. The zero-order valence-corrected chi connectivity index (χ0v) is 8.61. The van der Waals surface area contributed by atoms with Gasteiger partial charge in [0.15, 0.2) is 0 Å². The van der Waals surface area contributed by atoms with Crippen molar-refractivity contribution in [3.05, 3.63) is 11.8 Å². The number of nitrogens with zero attached hydrogens (tertiary/aromatic N) is 2. The molecule has 4 heteroatoms. The van der Waals surface area contributed by atoms with Gasteiger partial charge in [-0.15, -0.1) is 24.0 Å². The van der Waals surface area contributed by atoms with Crippen molar-refractivity contribution < 1.29 is 0 Å². The fraction of sp³-hybridized carbons (Fsp3) is 0.571. The first-order valence-electron chi connectivity index (χ1n) is 3.06. The molecule has 0 heterocycles. The first-order valence-corrected chi connectivity index (χ1v) is 3.59. The van der Waals surface area contributed by atoms with E-state index in [9.17, 15) is 0 Å². The molecule has 0 atom stereocenters. The lowest BCUT2D eigenvalue weighted by atomic mass is 10.3. The van der Waals surface area contributed by atoms with E-state index in [4.69, 9.17) is 11.6 Å². The predicted molar refractivity (Wildman–Crippen MR) is 54.2 cm³/mol. The molecule has 0 rings (SSSR count). The lowest BCUT2D eigenvalue weighted by Gasteiger charge is -2.05. The van der Waals surface area contributed by atoms with Crippen LogP contribution in [0.25, 0.3) is 0 Å². The number of allylic oxidation sites excluding steroid dienone is 1. The number of hydrogen-bond donors (Lipinski definition) is 0. The van der Waals surface area contributed by atoms with E-state index < -0.39 is 0 Å². The van der Waals surface area contributed by atoms with E-state index in [1.165, 1.54) is 0 Å². The summed E-state index contributed by atoms with van der Waals surface area (Å²) in [4.78, 5) is 5.80. The minimum atomic E-state index is 0. The minimum Gasteiger partial charge on any atom is -0.383 e. The van der Waals surface area contributed by atoms with Crippen molar-refractivity contribution in [1.29, 1.82) is 0 Å². The van der Waals surface area contributed by atoms with Crippen molar-refractivity contribution in [3.8, 4) is 0 Å². The molecule has 0 aromatic heterocycles. The Bertz CT molecular complexity index is 141. The van der Waals surface area contributed by atoms with Crippen LogP contribution in [0.15, 0.2) is 16.8 Å². The molecule has 0 radical (unpaired) electrons. The molecule has 0 saturated heterocycles. The molecule has 0 saturated carbocycles. The minimum absolute atomic E-state index is 0. The SMILES string of the molecule is CN=CC(=CN(C)C)CCl.Cl. The van der Waals surface area contributed by atoms with Crippen molar-refractivity contribution in [3.63, 3.8) is 0 Å². The zero-order chi connectivity index (χ0) is 7.98. The summed E-state index contributed by atoms with van der Waals surface area (Å²) in [5.74, 6) is 0.509. The van der Waals surface area contributed by atoms with Crippen LogP contribution in [0.4, 0.5) is 0 Å². The second-order valence-electron chi connectivity index (χ2n) is 2.19. The Balaban J connectivity index is 0. The molecule has 0 unspecified atom stereocenters.